The summed E-state index contributed by atoms with van der Waals surface area (Å²) in [6.45, 7) is -0.307. The van der Waals surface area contributed by atoms with Gasteiger partial charge in [-0.15, -0.1) is 0 Å². The highest BCUT2D eigenvalue weighted by molar-refractivity contribution is 7.92. The third kappa shape index (κ3) is 3.76. The van der Waals surface area contributed by atoms with Crippen molar-refractivity contribution in [3.05, 3.63) is 70.5 Å². The second kappa shape index (κ2) is 7.37. The topological polar surface area (TPSA) is 114 Å². The number of hydrogen-bond acceptors (Lipinski definition) is 6. The molecule has 3 rings (SSSR count). The second-order valence-corrected chi connectivity index (χ2v) is 7.92. The lowest BCUT2D eigenvalue weighted by Crippen LogP contribution is -2.24. The van der Waals surface area contributed by atoms with Crippen LogP contribution in [0.5, 0.6) is 5.88 Å². The zero-order valence-electron chi connectivity index (χ0n) is 14.5. The lowest BCUT2D eigenvalue weighted by atomic mass is 10.1. The molecule has 0 saturated heterocycles. The first-order valence-corrected chi connectivity index (χ1v) is 9.50. The molecule has 0 aliphatic heterocycles. The molecule has 0 radical (unpaired) electrons. The standard InChI is InChI=1S/C17H14F3N3O5S/c18-17(19,20)29(27,28)14-3-1-13(2-4-14)23-15(25)9-22(16(23)26)8-11-5-6-21-7-12(11)10-24/h1-7,9,24-25H,8,10H2. The van der Waals surface area contributed by atoms with E-state index in [1.165, 1.54) is 12.4 Å². The van der Waals surface area contributed by atoms with E-state index in [1.807, 2.05) is 0 Å². The lowest BCUT2D eigenvalue weighted by Gasteiger charge is -2.09. The Balaban J connectivity index is 1.98. The van der Waals surface area contributed by atoms with E-state index in [0.29, 0.717) is 23.3 Å². The van der Waals surface area contributed by atoms with Gasteiger partial charge in [0.25, 0.3) is 9.84 Å². The first kappa shape index (κ1) is 20.6. The maximum Gasteiger partial charge on any atom is 0.501 e. The van der Waals surface area contributed by atoms with Crippen LogP contribution in [-0.2, 0) is 23.0 Å². The molecule has 3 aromatic rings. The second-order valence-electron chi connectivity index (χ2n) is 5.98. The number of benzene rings is 1. The number of sulfone groups is 1. The van der Waals surface area contributed by atoms with E-state index in [4.69, 9.17) is 0 Å². The minimum Gasteiger partial charge on any atom is -0.493 e. The van der Waals surface area contributed by atoms with Crippen LogP contribution in [0.15, 0.2) is 58.6 Å². The molecule has 29 heavy (non-hydrogen) atoms. The van der Waals surface area contributed by atoms with Gasteiger partial charge >= 0.3 is 11.2 Å². The highest BCUT2D eigenvalue weighted by Crippen LogP contribution is 2.30. The quantitative estimate of drug-likeness (QED) is 0.637. The van der Waals surface area contributed by atoms with Crippen LogP contribution in [0.25, 0.3) is 5.69 Å². The highest BCUT2D eigenvalue weighted by atomic mass is 32.2. The molecule has 8 nitrogen and oxygen atoms in total. The molecule has 0 aliphatic carbocycles. The number of aromatic hydroxyl groups is 1. The monoisotopic (exact) mass is 429 g/mol. The minimum absolute atomic E-state index is 0.00164. The number of pyridine rings is 1. The molecule has 0 fully saturated rings. The van der Waals surface area contributed by atoms with Crippen molar-refractivity contribution in [3.63, 3.8) is 0 Å². The zero-order chi connectivity index (χ0) is 21.4. The summed E-state index contributed by atoms with van der Waals surface area (Å²) in [6, 6.07) is 4.96. The number of nitrogens with zero attached hydrogens (tertiary/aromatic N) is 3. The first-order chi connectivity index (χ1) is 13.6. The van der Waals surface area contributed by atoms with Crippen LogP contribution in [0.3, 0.4) is 0 Å². The first-order valence-electron chi connectivity index (χ1n) is 8.02. The van der Waals surface area contributed by atoms with Crippen molar-refractivity contribution in [1.29, 1.82) is 0 Å². The number of rotatable bonds is 5. The van der Waals surface area contributed by atoms with E-state index in [2.05, 4.69) is 4.98 Å². The number of aliphatic hydroxyl groups excluding tert-OH is 1. The van der Waals surface area contributed by atoms with Crippen molar-refractivity contribution < 1.29 is 31.8 Å². The van der Waals surface area contributed by atoms with E-state index in [1.54, 1.807) is 6.07 Å². The fourth-order valence-corrected chi connectivity index (χ4v) is 3.44. The Morgan fingerprint density at radius 2 is 1.72 bits per heavy atom. The van der Waals surface area contributed by atoms with Gasteiger partial charge in [-0.2, -0.15) is 13.2 Å². The van der Waals surface area contributed by atoms with Crippen molar-refractivity contribution in [2.24, 2.45) is 0 Å². The van der Waals surface area contributed by atoms with Gasteiger partial charge in [0.05, 0.1) is 29.9 Å². The maximum absolute atomic E-state index is 12.6. The van der Waals surface area contributed by atoms with E-state index in [0.717, 1.165) is 27.5 Å². The van der Waals surface area contributed by atoms with Crippen LogP contribution in [0.2, 0.25) is 0 Å². The predicted molar refractivity (Wildman–Crippen MR) is 94.2 cm³/mol. The van der Waals surface area contributed by atoms with Crippen molar-refractivity contribution >= 4 is 9.84 Å². The van der Waals surface area contributed by atoms with E-state index >= 15 is 0 Å². The Bertz CT molecular complexity index is 1200. The summed E-state index contributed by atoms with van der Waals surface area (Å²) in [4.78, 5) is 15.5. The van der Waals surface area contributed by atoms with Crippen LogP contribution in [-0.4, -0.2) is 38.3 Å². The van der Waals surface area contributed by atoms with Gasteiger partial charge in [0.1, 0.15) is 0 Å². The fourth-order valence-electron chi connectivity index (χ4n) is 2.68. The summed E-state index contributed by atoms with van der Waals surface area (Å²) < 4.78 is 62.7. The van der Waals surface area contributed by atoms with Crippen molar-refractivity contribution in [2.75, 3.05) is 0 Å². The fraction of sp³-hybridized carbons (Fsp3) is 0.176. The molecule has 2 N–H and O–H groups in total. The normalized spacial score (nSPS) is 12.3. The molecule has 0 aliphatic rings. The Hall–Kier alpha value is -3.12. The maximum atomic E-state index is 12.6. The number of alkyl halides is 3. The molecule has 12 heteroatoms. The molecule has 0 atom stereocenters. The van der Waals surface area contributed by atoms with Gasteiger partial charge in [-0.3, -0.25) is 9.55 Å². The Morgan fingerprint density at radius 3 is 2.31 bits per heavy atom. The molecular weight excluding hydrogens is 415 g/mol. The molecule has 0 amide bonds. The minimum atomic E-state index is -5.52. The van der Waals surface area contributed by atoms with Gasteiger partial charge in [-0.1, -0.05) is 0 Å². The number of hydrogen-bond donors (Lipinski definition) is 2. The van der Waals surface area contributed by atoms with E-state index in [9.17, 15) is 36.6 Å². The summed E-state index contributed by atoms with van der Waals surface area (Å²) in [5, 5.41) is 19.5. The highest BCUT2D eigenvalue weighted by Gasteiger charge is 2.46. The molecule has 154 valence electrons. The third-order valence-electron chi connectivity index (χ3n) is 4.16. The summed E-state index contributed by atoms with van der Waals surface area (Å²) in [5.74, 6) is -0.499. The number of aromatic nitrogens is 3. The average Bonchev–Trinajstić information content (AvgIpc) is 2.94. The van der Waals surface area contributed by atoms with Crippen molar-refractivity contribution in [2.45, 2.75) is 23.6 Å². The molecule has 1 aromatic carbocycles. The molecule has 0 bridgehead atoms. The van der Waals surface area contributed by atoms with Gasteiger partial charge in [0, 0.05) is 18.0 Å². The van der Waals surface area contributed by atoms with Crippen molar-refractivity contribution in [1.82, 2.24) is 14.1 Å². The molecular formula is C17H14F3N3O5S. The Kier molecular flexibility index (Phi) is 5.24. The Morgan fingerprint density at radius 1 is 1.07 bits per heavy atom. The van der Waals surface area contributed by atoms with Gasteiger partial charge in [-0.25, -0.2) is 17.8 Å². The van der Waals surface area contributed by atoms with Gasteiger partial charge < -0.3 is 10.2 Å². The van der Waals surface area contributed by atoms with Crippen LogP contribution >= 0.6 is 0 Å². The Labute approximate surface area is 162 Å². The number of imidazole rings is 1. The predicted octanol–water partition coefficient (Wildman–Crippen LogP) is 1.57. The van der Waals surface area contributed by atoms with Gasteiger partial charge in [-0.05, 0) is 35.9 Å². The van der Waals surface area contributed by atoms with Crippen LogP contribution in [0.1, 0.15) is 11.1 Å². The molecule has 0 saturated carbocycles. The summed E-state index contributed by atoms with van der Waals surface area (Å²) in [5.41, 5.74) is -5.13. The van der Waals surface area contributed by atoms with Crippen LogP contribution in [0.4, 0.5) is 13.2 Å². The van der Waals surface area contributed by atoms with Gasteiger partial charge in [0.15, 0.2) is 0 Å². The number of halogens is 3. The van der Waals surface area contributed by atoms with Crippen LogP contribution < -0.4 is 5.69 Å². The molecule has 0 unspecified atom stereocenters. The van der Waals surface area contributed by atoms with Crippen LogP contribution in [0, 0.1) is 0 Å². The summed E-state index contributed by atoms with van der Waals surface area (Å²) in [6.07, 6.45) is 4.01. The SMILES string of the molecule is O=c1n(Cc2ccncc2CO)cc(O)n1-c1ccc(S(=O)(=O)C(F)(F)F)cc1. The zero-order valence-corrected chi connectivity index (χ0v) is 15.4. The third-order valence-corrected chi connectivity index (χ3v) is 5.67. The smallest absolute Gasteiger partial charge is 0.493 e. The molecule has 2 aromatic heterocycles. The van der Waals surface area contributed by atoms with E-state index in [-0.39, 0.29) is 18.8 Å². The number of aliphatic hydroxyl groups is 1. The molecule has 2 heterocycles. The average molecular weight is 429 g/mol. The van der Waals surface area contributed by atoms with Crippen molar-refractivity contribution in [3.8, 4) is 11.6 Å². The molecule has 0 spiro atoms. The summed E-state index contributed by atoms with van der Waals surface area (Å²) in [7, 11) is -5.52. The summed E-state index contributed by atoms with van der Waals surface area (Å²) >= 11 is 0. The lowest BCUT2D eigenvalue weighted by molar-refractivity contribution is -0.0436. The largest absolute Gasteiger partial charge is 0.501 e. The van der Waals surface area contributed by atoms with E-state index < -0.39 is 31.8 Å². The van der Waals surface area contributed by atoms with Gasteiger partial charge in [0.2, 0.25) is 5.88 Å².